The minimum atomic E-state index is -0.104. The van der Waals surface area contributed by atoms with E-state index in [9.17, 15) is 9.90 Å². The zero-order valence-corrected chi connectivity index (χ0v) is 16.6. The van der Waals surface area contributed by atoms with E-state index < -0.39 is 0 Å². The van der Waals surface area contributed by atoms with Crippen molar-refractivity contribution in [1.29, 1.82) is 0 Å². The van der Waals surface area contributed by atoms with E-state index in [0.29, 0.717) is 43.1 Å². The molecule has 2 fully saturated rings. The molecule has 2 aromatic rings. The summed E-state index contributed by atoms with van der Waals surface area (Å²) in [5, 5.41) is 9.25. The van der Waals surface area contributed by atoms with E-state index >= 15 is 0 Å². The molecule has 2 aliphatic rings. The number of aryl methyl sites for hydroxylation is 1. The van der Waals surface area contributed by atoms with Crippen molar-refractivity contribution < 1.29 is 14.3 Å². The summed E-state index contributed by atoms with van der Waals surface area (Å²) < 4.78 is 5.71. The Balaban J connectivity index is 1.62. The van der Waals surface area contributed by atoms with E-state index in [1.807, 2.05) is 6.92 Å². The van der Waals surface area contributed by atoms with Crippen LogP contribution in [0.5, 0.6) is 0 Å². The Bertz CT molecular complexity index is 855. The molecule has 1 unspecified atom stereocenters. The Morgan fingerprint density at radius 2 is 2.11 bits per heavy atom. The molecular weight excluding hydrogens is 360 g/mol. The van der Waals surface area contributed by atoms with Crippen LogP contribution in [0.25, 0.3) is 11.2 Å². The Kier molecular flexibility index (Phi) is 5.20. The highest BCUT2D eigenvalue weighted by atomic mass is 16.4. The second-order valence-electron chi connectivity index (χ2n) is 7.73. The minimum absolute atomic E-state index is 0.00550. The van der Waals surface area contributed by atoms with Gasteiger partial charge in [-0.25, -0.2) is 9.97 Å². The highest BCUT2D eigenvalue weighted by molar-refractivity contribution is 5.82. The molecule has 9 heteroatoms. The van der Waals surface area contributed by atoms with Crippen LogP contribution in [0.3, 0.4) is 0 Å². The van der Waals surface area contributed by atoms with Gasteiger partial charge < -0.3 is 19.3 Å². The van der Waals surface area contributed by atoms with Gasteiger partial charge in [0, 0.05) is 51.1 Å². The number of rotatable bonds is 4. The van der Waals surface area contributed by atoms with Gasteiger partial charge in [-0.1, -0.05) is 6.92 Å². The largest absolute Gasteiger partial charge is 0.422 e. The van der Waals surface area contributed by atoms with Crippen molar-refractivity contribution in [2.24, 2.45) is 0 Å². The average molecular weight is 388 g/mol. The summed E-state index contributed by atoms with van der Waals surface area (Å²) in [6.07, 6.45) is 4.42. The minimum Gasteiger partial charge on any atom is -0.422 e. The molecule has 4 heterocycles. The number of fused-ring (bicyclic) bond motifs is 1. The van der Waals surface area contributed by atoms with Crippen LogP contribution in [-0.4, -0.2) is 87.7 Å². The van der Waals surface area contributed by atoms with Crippen molar-refractivity contribution in [1.82, 2.24) is 24.8 Å². The summed E-state index contributed by atoms with van der Waals surface area (Å²) in [7, 11) is 2.14. The first-order valence-electron chi connectivity index (χ1n) is 10.0. The van der Waals surface area contributed by atoms with Gasteiger partial charge >= 0.3 is 0 Å². The maximum absolute atomic E-state index is 12.4. The molecule has 2 aromatic heterocycles. The Hall–Kier alpha value is -2.26. The summed E-state index contributed by atoms with van der Waals surface area (Å²) in [6, 6.07) is 0. The quantitative estimate of drug-likeness (QED) is 0.816. The van der Waals surface area contributed by atoms with Crippen molar-refractivity contribution in [3.63, 3.8) is 0 Å². The van der Waals surface area contributed by atoms with Crippen LogP contribution in [0.2, 0.25) is 0 Å². The van der Waals surface area contributed by atoms with Gasteiger partial charge in [-0.05, 0) is 19.9 Å². The number of carbonyl (C=O) groups is 1. The van der Waals surface area contributed by atoms with Gasteiger partial charge in [-0.15, -0.1) is 0 Å². The zero-order chi connectivity index (χ0) is 19.7. The molecule has 4 rings (SSSR count). The molecule has 1 amide bonds. The number of hydrogen-bond acceptors (Lipinski definition) is 8. The topological polar surface area (TPSA) is 98.8 Å². The fourth-order valence-electron chi connectivity index (χ4n) is 4.40. The van der Waals surface area contributed by atoms with E-state index in [0.717, 1.165) is 38.3 Å². The zero-order valence-electron chi connectivity index (χ0n) is 16.6. The second kappa shape index (κ2) is 7.63. The number of β-amino-alcohol motifs (C(OH)–C–C–N with tert-alkyl or cyclic N) is 1. The van der Waals surface area contributed by atoms with Crippen molar-refractivity contribution in [2.45, 2.75) is 38.1 Å². The molecule has 1 spiro atoms. The number of piperazine rings is 1. The van der Waals surface area contributed by atoms with Crippen LogP contribution in [0.15, 0.2) is 10.7 Å². The lowest BCUT2D eigenvalue weighted by Gasteiger charge is -2.49. The van der Waals surface area contributed by atoms with E-state index in [1.165, 1.54) is 6.33 Å². The van der Waals surface area contributed by atoms with Gasteiger partial charge in [0.25, 0.3) is 5.71 Å². The summed E-state index contributed by atoms with van der Waals surface area (Å²) in [4.78, 5) is 32.2. The van der Waals surface area contributed by atoms with E-state index in [4.69, 9.17) is 4.42 Å². The SMILES string of the molecule is CCc1nc2c(N3CCN(C)C4(CCC(=O)N(CCO)CC4)C3)ncnc2o1. The molecule has 0 radical (unpaired) electrons. The van der Waals surface area contributed by atoms with Crippen LogP contribution >= 0.6 is 0 Å². The third kappa shape index (κ3) is 3.33. The number of carbonyl (C=O) groups excluding carboxylic acids is 1. The molecule has 2 aliphatic heterocycles. The number of likely N-dealkylation sites (tertiary alicyclic amines) is 1. The highest BCUT2D eigenvalue weighted by Crippen LogP contribution is 2.35. The van der Waals surface area contributed by atoms with Gasteiger partial charge in [0.1, 0.15) is 6.33 Å². The summed E-state index contributed by atoms with van der Waals surface area (Å²) in [6.45, 7) is 5.60. The van der Waals surface area contributed by atoms with E-state index in [1.54, 1.807) is 4.90 Å². The van der Waals surface area contributed by atoms with Crippen molar-refractivity contribution >= 4 is 23.0 Å². The maximum Gasteiger partial charge on any atom is 0.252 e. The number of oxazole rings is 1. The van der Waals surface area contributed by atoms with Gasteiger partial charge in [-0.3, -0.25) is 9.69 Å². The van der Waals surface area contributed by atoms with Crippen LogP contribution in [0, 0.1) is 0 Å². The van der Waals surface area contributed by atoms with E-state index in [2.05, 4.69) is 31.8 Å². The van der Waals surface area contributed by atoms with Gasteiger partial charge in [0.15, 0.2) is 17.2 Å². The van der Waals surface area contributed by atoms with Crippen molar-refractivity contribution in [3.05, 3.63) is 12.2 Å². The number of aliphatic hydroxyl groups excluding tert-OH is 1. The number of aliphatic hydroxyl groups is 1. The molecule has 9 nitrogen and oxygen atoms in total. The van der Waals surface area contributed by atoms with Crippen LogP contribution in [0.4, 0.5) is 5.82 Å². The van der Waals surface area contributed by atoms with Crippen molar-refractivity contribution in [2.75, 3.05) is 51.3 Å². The van der Waals surface area contributed by atoms with Crippen molar-refractivity contribution in [3.8, 4) is 0 Å². The molecule has 2 saturated heterocycles. The first-order chi connectivity index (χ1) is 13.6. The maximum atomic E-state index is 12.4. The Morgan fingerprint density at radius 1 is 1.25 bits per heavy atom. The van der Waals surface area contributed by atoms with Gasteiger partial charge in [-0.2, -0.15) is 4.98 Å². The monoisotopic (exact) mass is 388 g/mol. The second-order valence-corrected chi connectivity index (χ2v) is 7.73. The first-order valence-corrected chi connectivity index (χ1v) is 10.0. The van der Waals surface area contributed by atoms with Crippen LogP contribution in [0.1, 0.15) is 32.1 Å². The summed E-state index contributed by atoms with van der Waals surface area (Å²) in [5.41, 5.74) is 1.14. The molecule has 28 heavy (non-hydrogen) atoms. The molecule has 0 aromatic carbocycles. The Labute approximate surface area is 164 Å². The third-order valence-electron chi connectivity index (χ3n) is 6.20. The number of anilines is 1. The fourth-order valence-corrected chi connectivity index (χ4v) is 4.40. The molecule has 1 N–H and O–H groups in total. The lowest BCUT2D eigenvalue weighted by molar-refractivity contribution is -0.131. The molecule has 0 bridgehead atoms. The normalized spacial score (nSPS) is 24.3. The van der Waals surface area contributed by atoms with Gasteiger partial charge in [0.05, 0.1) is 6.61 Å². The molecule has 0 saturated carbocycles. The molecule has 1 atom stereocenters. The first kappa shape index (κ1) is 19.1. The molecule has 152 valence electrons. The number of amides is 1. The molecule has 0 aliphatic carbocycles. The highest BCUT2D eigenvalue weighted by Gasteiger charge is 2.43. The fraction of sp³-hybridized carbons (Fsp3) is 0.684. The molecular formula is C19H28N6O3. The number of aromatic nitrogens is 3. The third-order valence-corrected chi connectivity index (χ3v) is 6.20. The lowest BCUT2D eigenvalue weighted by atomic mass is 9.86. The number of nitrogens with zero attached hydrogens (tertiary/aromatic N) is 6. The average Bonchev–Trinajstić information content (AvgIpc) is 3.08. The smallest absolute Gasteiger partial charge is 0.252 e. The number of likely N-dealkylation sites (N-methyl/N-ethyl adjacent to an activating group) is 1. The van der Waals surface area contributed by atoms with Crippen LogP contribution < -0.4 is 4.90 Å². The summed E-state index contributed by atoms with van der Waals surface area (Å²) in [5.74, 6) is 1.61. The van der Waals surface area contributed by atoms with Gasteiger partial charge in [0.2, 0.25) is 5.91 Å². The predicted molar refractivity (Wildman–Crippen MR) is 104 cm³/mol. The predicted octanol–water partition coefficient (Wildman–Crippen LogP) is 0.676. The lowest BCUT2D eigenvalue weighted by Crippen LogP contribution is -2.61. The summed E-state index contributed by atoms with van der Waals surface area (Å²) >= 11 is 0. The number of hydrogen-bond donors (Lipinski definition) is 1. The Morgan fingerprint density at radius 3 is 2.89 bits per heavy atom. The standard InChI is InChI=1S/C19H28N6O3/c1-3-14-22-16-17(20-13-21-18(16)28-14)25-9-8-23(2)19(12-25)5-4-15(27)24(7-6-19)10-11-26/h13,26H,3-12H2,1-2H3. The van der Waals surface area contributed by atoms with Crippen LogP contribution in [-0.2, 0) is 11.2 Å². The van der Waals surface area contributed by atoms with E-state index in [-0.39, 0.29) is 18.1 Å².